The Labute approximate surface area is 111 Å². The molecule has 7 heteroatoms. The monoisotopic (exact) mass is 263 g/mol. The molecule has 2 aromatic heterocycles. The van der Waals surface area contributed by atoms with Gasteiger partial charge in [0, 0.05) is 19.8 Å². The third-order valence-electron chi connectivity index (χ3n) is 2.81. The van der Waals surface area contributed by atoms with Crippen LogP contribution in [0.3, 0.4) is 0 Å². The molecule has 0 amide bonds. The Kier molecular flexibility index (Phi) is 4.27. The fourth-order valence-electron chi connectivity index (χ4n) is 1.69. The van der Waals surface area contributed by atoms with E-state index in [2.05, 4.69) is 22.4 Å². The number of esters is 1. The van der Waals surface area contributed by atoms with Gasteiger partial charge in [0.1, 0.15) is 5.69 Å². The SMILES string of the molecule is CCCCn1nnnc1COC(=O)c1cccn1C. The zero-order chi connectivity index (χ0) is 13.7. The third kappa shape index (κ3) is 3.18. The van der Waals surface area contributed by atoms with E-state index in [0.29, 0.717) is 11.5 Å². The van der Waals surface area contributed by atoms with Gasteiger partial charge in [0.2, 0.25) is 0 Å². The first-order valence-corrected chi connectivity index (χ1v) is 6.26. The van der Waals surface area contributed by atoms with E-state index in [9.17, 15) is 4.79 Å². The molecule has 0 spiro atoms. The highest BCUT2D eigenvalue weighted by Crippen LogP contribution is 2.05. The predicted octanol–water partition coefficient (Wildman–Crippen LogP) is 1.17. The molecule has 7 nitrogen and oxygen atoms in total. The maximum Gasteiger partial charge on any atom is 0.355 e. The second kappa shape index (κ2) is 6.12. The molecule has 0 fully saturated rings. The Bertz CT molecular complexity index is 546. The molecule has 102 valence electrons. The van der Waals surface area contributed by atoms with Crippen molar-refractivity contribution in [1.82, 2.24) is 24.8 Å². The number of carbonyl (C=O) groups is 1. The van der Waals surface area contributed by atoms with Crippen LogP contribution in [0.25, 0.3) is 0 Å². The van der Waals surface area contributed by atoms with Crippen molar-refractivity contribution in [3.05, 3.63) is 29.8 Å². The van der Waals surface area contributed by atoms with Gasteiger partial charge in [-0.05, 0) is 29.0 Å². The number of aromatic nitrogens is 5. The van der Waals surface area contributed by atoms with Crippen molar-refractivity contribution in [2.24, 2.45) is 7.05 Å². The van der Waals surface area contributed by atoms with Crippen LogP contribution >= 0.6 is 0 Å². The zero-order valence-corrected chi connectivity index (χ0v) is 11.1. The number of nitrogens with zero attached hydrogens (tertiary/aromatic N) is 5. The first-order chi connectivity index (χ1) is 9.22. The first kappa shape index (κ1) is 13.3. The van der Waals surface area contributed by atoms with Crippen LogP contribution in [0.15, 0.2) is 18.3 Å². The van der Waals surface area contributed by atoms with Crippen LogP contribution in [-0.2, 0) is 24.9 Å². The maximum atomic E-state index is 11.8. The van der Waals surface area contributed by atoms with Crippen molar-refractivity contribution in [3.8, 4) is 0 Å². The third-order valence-corrected chi connectivity index (χ3v) is 2.81. The minimum absolute atomic E-state index is 0.0841. The van der Waals surface area contributed by atoms with Crippen LogP contribution in [-0.4, -0.2) is 30.7 Å². The molecule has 0 N–H and O–H groups in total. The number of aryl methyl sites for hydroxylation is 2. The summed E-state index contributed by atoms with van der Waals surface area (Å²) in [5, 5.41) is 11.3. The average molecular weight is 263 g/mol. The largest absolute Gasteiger partial charge is 0.453 e. The summed E-state index contributed by atoms with van der Waals surface area (Å²) in [6, 6.07) is 3.50. The van der Waals surface area contributed by atoms with E-state index in [1.807, 2.05) is 0 Å². The number of tetrazole rings is 1. The standard InChI is InChI=1S/C12H17N5O2/c1-3-4-8-17-11(13-14-15-17)9-19-12(18)10-6-5-7-16(10)2/h5-7H,3-4,8-9H2,1-2H3. The fourth-order valence-corrected chi connectivity index (χ4v) is 1.69. The van der Waals surface area contributed by atoms with E-state index in [0.717, 1.165) is 19.4 Å². The first-order valence-electron chi connectivity index (χ1n) is 6.26. The molecule has 0 saturated carbocycles. The summed E-state index contributed by atoms with van der Waals surface area (Å²) in [5.41, 5.74) is 0.507. The lowest BCUT2D eigenvalue weighted by Crippen LogP contribution is -2.13. The molecular formula is C12H17N5O2. The Balaban J connectivity index is 1.94. The highest BCUT2D eigenvalue weighted by atomic mass is 16.5. The molecule has 0 radical (unpaired) electrons. The minimum Gasteiger partial charge on any atom is -0.453 e. The fraction of sp³-hybridized carbons (Fsp3) is 0.500. The van der Waals surface area contributed by atoms with E-state index in [1.54, 1.807) is 34.6 Å². The molecule has 0 aliphatic carbocycles. The van der Waals surface area contributed by atoms with Gasteiger partial charge in [0.15, 0.2) is 12.4 Å². The van der Waals surface area contributed by atoms with Crippen LogP contribution in [0.2, 0.25) is 0 Å². The van der Waals surface area contributed by atoms with Crippen LogP contribution in [0.5, 0.6) is 0 Å². The van der Waals surface area contributed by atoms with Gasteiger partial charge in [0.25, 0.3) is 0 Å². The van der Waals surface area contributed by atoms with Crippen LogP contribution < -0.4 is 0 Å². The van der Waals surface area contributed by atoms with E-state index in [-0.39, 0.29) is 12.6 Å². The molecule has 0 aliphatic heterocycles. The maximum absolute atomic E-state index is 11.8. The smallest absolute Gasteiger partial charge is 0.355 e. The summed E-state index contributed by atoms with van der Waals surface area (Å²) in [6.07, 6.45) is 3.84. The predicted molar refractivity (Wildman–Crippen MR) is 67.3 cm³/mol. The van der Waals surface area contributed by atoms with Gasteiger partial charge in [-0.1, -0.05) is 13.3 Å². The van der Waals surface area contributed by atoms with Crippen molar-refractivity contribution >= 4 is 5.97 Å². The van der Waals surface area contributed by atoms with Gasteiger partial charge in [-0.15, -0.1) is 5.10 Å². The Hall–Kier alpha value is -2.18. The Morgan fingerprint density at radius 1 is 1.47 bits per heavy atom. The molecule has 0 aliphatic rings. The van der Waals surface area contributed by atoms with Crippen LogP contribution in [0.1, 0.15) is 36.1 Å². The molecule has 0 saturated heterocycles. The minimum atomic E-state index is -0.377. The number of unbranched alkanes of at least 4 members (excludes halogenated alkanes) is 1. The quantitative estimate of drug-likeness (QED) is 0.731. The number of carbonyl (C=O) groups excluding carboxylic acids is 1. The highest BCUT2D eigenvalue weighted by molar-refractivity contribution is 5.87. The van der Waals surface area contributed by atoms with E-state index in [4.69, 9.17) is 4.74 Å². The summed E-state index contributed by atoms with van der Waals surface area (Å²) in [7, 11) is 1.79. The van der Waals surface area contributed by atoms with Crippen molar-refractivity contribution in [1.29, 1.82) is 0 Å². The number of hydrogen-bond donors (Lipinski definition) is 0. The van der Waals surface area contributed by atoms with Gasteiger partial charge in [-0.2, -0.15) is 0 Å². The highest BCUT2D eigenvalue weighted by Gasteiger charge is 2.13. The van der Waals surface area contributed by atoms with Gasteiger partial charge in [-0.25, -0.2) is 9.48 Å². The summed E-state index contributed by atoms with van der Waals surface area (Å²) in [4.78, 5) is 11.8. The summed E-state index contributed by atoms with van der Waals surface area (Å²) < 4.78 is 8.59. The van der Waals surface area contributed by atoms with Crippen molar-refractivity contribution in [2.45, 2.75) is 32.9 Å². The normalized spacial score (nSPS) is 10.6. The van der Waals surface area contributed by atoms with Crippen molar-refractivity contribution in [3.63, 3.8) is 0 Å². The molecule has 0 bridgehead atoms. The second-order valence-electron chi connectivity index (χ2n) is 4.25. The van der Waals surface area contributed by atoms with Gasteiger partial charge < -0.3 is 9.30 Å². The molecule has 2 rings (SSSR count). The summed E-state index contributed by atoms with van der Waals surface area (Å²) in [6.45, 7) is 2.92. The summed E-state index contributed by atoms with van der Waals surface area (Å²) >= 11 is 0. The Morgan fingerprint density at radius 2 is 2.32 bits per heavy atom. The summed E-state index contributed by atoms with van der Waals surface area (Å²) in [5.74, 6) is 0.188. The van der Waals surface area contributed by atoms with E-state index in [1.165, 1.54) is 0 Å². The molecule has 2 aromatic rings. The van der Waals surface area contributed by atoms with Crippen molar-refractivity contribution in [2.75, 3.05) is 0 Å². The van der Waals surface area contributed by atoms with E-state index < -0.39 is 0 Å². The van der Waals surface area contributed by atoms with Crippen LogP contribution in [0.4, 0.5) is 0 Å². The van der Waals surface area contributed by atoms with Gasteiger partial charge in [-0.3, -0.25) is 0 Å². The van der Waals surface area contributed by atoms with Gasteiger partial charge in [0.05, 0.1) is 0 Å². The number of rotatable bonds is 6. The van der Waals surface area contributed by atoms with Crippen molar-refractivity contribution < 1.29 is 9.53 Å². The molecule has 0 aromatic carbocycles. The van der Waals surface area contributed by atoms with E-state index >= 15 is 0 Å². The lowest BCUT2D eigenvalue weighted by molar-refractivity contribution is 0.0445. The molecule has 0 unspecified atom stereocenters. The second-order valence-corrected chi connectivity index (χ2v) is 4.25. The molecule has 2 heterocycles. The number of hydrogen-bond acceptors (Lipinski definition) is 5. The lowest BCUT2D eigenvalue weighted by atomic mass is 10.3. The molecule has 19 heavy (non-hydrogen) atoms. The zero-order valence-electron chi connectivity index (χ0n) is 11.1. The Morgan fingerprint density at radius 3 is 3.00 bits per heavy atom. The molecule has 0 atom stereocenters. The lowest BCUT2D eigenvalue weighted by Gasteiger charge is -2.06. The average Bonchev–Trinajstić information content (AvgIpc) is 3.02. The van der Waals surface area contributed by atoms with Crippen LogP contribution in [0, 0.1) is 0 Å². The molecular weight excluding hydrogens is 246 g/mol. The topological polar surface area (TPSA) is 74.8 Å². The number of ether oxygens (including phenoxy) is 1. The van der Waals surface area contributed by atoms with Gasteiger partial charge >= 0.3 is 5.97 Å².